The molecule has 3 N–H and O–H groups in total. The zero-order valence-corrected chi connectivity index (χ0v) is 23.6. The molecule has 1 amide bonds. The van der Waals surface area contributed by atoms with Crippen molar-refractivity contribution in [2.24, 2.45) is 0 Å². The number of nitrogens with zero attached hydrogens (tertiary/aromatic N) is 1. The number of carbonyl (C=O) groups excluding carboxylic acids is 1. The Balaban J connectivity index is 1.50. The molecule has 0 saturated heterocycles. The van der Waals surface area contributed by atoms with Crippen molar-refractivity contribution >= 4 is 44.3 Å². The SMILES string of the molecule is CC(C)(C)c1ccc(S(=O)(=O)Nc2ccc3[nH]c(C=CC(=O)Nc4ccncc4)c(-c4cccc(F)c4)c3c2)cc1. The van der Waals surface area contributed by atoms with Gasteiger partial charge in [-0.05, 0) is 77.2 Å². The third kappa shape index (κ3) is 6.36. The minimum atomic E-state index is -3.86. The summed E-state index contributed by atoms with van der Waals surface area (Å²) in [7, 11) is -3.86. The number of halogens is 1. The van der Waals surface area contributed by atoms with Gasteiger partial charge in [0.05, 0.1) is 4.90 Å². The van der Waals surface area contributed by atoms with E-state index in [1.807, 2.05) is 12.1 Å². The summed E-state index contributed by atoms with van der Waals surface area (Å²) in [6.45, 7) is 6.19. The lowest BCUT2D eigenvalue weighted by Gasteiger charge is -2.19. The molecule has 0 radical (unpaired) electrons. The zero-order chi connectivity index (χ0) is 29.2. The first-order valence-corrected chi connectivity index (χ1v) is 14.4. The number of amides is 1. The molecule has 41 heavy (non-hydrogen) atoms. The summed E-state index contributed by atoms with van der Waals surface area (Å²) in [4.78, 5) is 19.9. The monoisotopic (exact) mass is 568 g/mol. The first kappa shape index (κ1) is 27.8. The summed E-state index contributed by atoms with van der Waals surface area (Å²) >= 11 is 0. The van der Waals surface area contributed by atoms with Gasteiger partial charge in [0.25, 0.3) is 10.0 Å². The van der Waals surface area contributed by atoms with Crippen LogP contribution in [0.25, 0.3) is 28.1 Å². The third-order valence-corrected chi connectivity index (χ3v) is 7.97. The Bertz CT molecular complexity index is 1860. The van der Waals surface area contributed by atoms with Gasteiger partial charge < -0.3 is 10.3 Å². The van der Waals surface area contributed by atoms with E-state index in [0.29, 0.717) is 39.1 Å². The quantitative estimate of drug-likeness (QED) is 0.182. The van der Waals surface area contributed by atoms with E-state index in [-0.39, 0.29) is 16.2 Å². The van der Waals surface area contributed by atoms with Crippen molar-refractivity contribution < 1.29 is 17.6 Å². The van der Waals surface area contributed by atoms with E-state index in [1.54, 1.807) is 73.1 Å². The van der Waals surface area contributed by atoms with Crippen molar-refractivity contribution in [3.05, 3.63) is 114 Å². The second-order valence-electron chi connectivity index (χ2n) is 10.6. The fraction of sp³-hybridized carbons (Fsp3) is 0.125. The smallest absolute Gasteiger partial charge is 0.261 e. The highest BCUT2D eigenvalue weighted by Gasteiger charge is 2.19. The molecule has 5 rings (SSSR count). The van der Waals surface area contributed by atoms with Gasteiger partial charge in [0, 0.05) is 52.0 Å². The van der Waals surface area contributed by atoms with Crippen molar-refractivity contribution in [1.82, 2.24) is 9.97 Å². The second-order valence-corrected chi connectivity index (χ2v) is 12.3. The van der Waals surface area contributed by atoms with Gasteiger partial charge >= 0.3 is 0 Å². The molecular formula is C32H29FN4O3S. The maximum atomic E-state index is 14.2. The normalized spacial score (nSPS) is 12.1. The predicted octanol–water partition coefficient (Wildman–Crippen LogP) is 7.12. The van der Waals surface area contributed by atoms with Crippen LogP contribution in [0.5, 0.6) is 0 Å². The van der Waals surface area contributed by atoms with E-state index in [2.05, 4.69) is 40.8 Å². The number of fused-ring (bicyclic) bond motifs is 1. The second kappa shape index (κ2) is 11.0. The molecule has 0 fully saturated rings. The molecule has 2 aromatic heterocycles. The standard InChI is InChI=1S/C32H29FN4O3S/c1-32(2,3)22-7-10-26(11-8-22)41(39,40)37-25-9-12-28-27(20-25)31(21-5-4-6-23(33)19-21)29(36-28)13-14-30(38)35-24-15-17-34-18-16-24/h4-20,36-37H,1-3H3,(H,34,35,38). The molecule has 0 aliphatic rings. The van der Waals surface area contributed by atoms with Gasteiger partial charge in [0.1, 0.15) is 5.82 Å². The van der Waals surface area contributed by atoms with Gasteiger partial charge in [-0.2, -0.15) is 0 Å². The summed E-state index contributed by atoms with van der Waals surface area (Å²) in [5.41, 5.74) is 4.32. The highest BCUT2D eigenvalue weighted by Crippen LogP contribution is 2.36. The van der Waals surface area contributed by atoms with Crippen LogP contribution < -0.4 is 10.0 Å². The van der Waals surface area contributed by atoms with Gasteiger partial charge in [-0.3, -0.25) is 14.5 Å². The van der Waals surface area contributed by atoms with Gasteiger partial charge in [0.15, 0.2) is 0 Å². The summed E-state index contributed by atoms with van der Waals surface area (Å²) in [6, 6.07) is 21.4. The third-order valence-electron chi connectivity index (χ3n) is 6.57. The molecule has 0 spiro atoms. The van der Waals surface area contributed by atoms with Crippen molar-refractivity contribution in [1.29, 1.82) is 0 Å². The summed E-state index contributed by atoms with van der Waals surface area (Å²) < 4.78 is 43.3. The van der Waals surface area contributed by atoms with Crippen LogP contribution in [0.15, 0.2) is 102 Å². The number of sulfonamides is 1. The van der Waals surface area contributed by atoms with E-state index < -0.39 is 15.8 Å². The Kier molecular flexibility index (Phi) is 7.47. The number of rotatable bonds is 7. The lowest BCUT2D eigenvalue weighted by Crippen LogP contribution is -2.14. The van der Waals surface area contributed by atoms with E-state index in [9.17, 15) is 17.6 Å². The molecule has 3 aromatic carbocycles. The molecule has 0 saturated carbocycles. The number of hydrogen-bond donors (Lipinski definition) is 3. The Morgan fingerprint density at radius 1 is 0.927 bits per heavy atom. The average molecular weight is 569 g/mol. The summed E-state index contributed by atoms with van der Waals surface area (Å²) in [5.74, 6) is -0.774. The molecule has 5 aromatic rings. The molecule has 208 valence electrons. The fourth-order valence-corrected chi connectivity index (χ4v) is 5.53. The molecule has 0 bridgehead atoms. The van der Waals surface area contributed by atoms with Crippen LogP contribution in [-0.4, -0.2) is 24.3 Å². The highest BCUT2D eigenvalue weighted by atomic mass is 32.2. The number of hydrogen-bond acceptors (Lipinski definition) is 4. The molecule has 0 aliphatic heterocycles. The molecule has 0 unspecified atom stereocenters. The van der Waals surface area contributed by atoms with Crippen molar-refractivity contribution in [3.63, 3.8) is 0 Å². The number of benzene rings is 3. The number of nitrogens with one attached hydrogen (secondary N) is 3. The van der Waals surface area contributed by atoms with Crippen molar-refractivity contribution in [2.75, 3.05) is 10.0 Å². The molecule has 7 nitrogen and oxygen atoms in total. The van der Waals surface area contributed by atoms with Crippen LogP contribution in [0.2, 0.25) is 0 Å². The van der Waals surface area contributed by atoms with Gasteiger partial charge in [0.2, 0.25) is 5.91 Å². The number of aromatic nitrogens is 2. The first-order chi connectivity index (χ1) is 19.5. The number of pyridine rings is 1. The predicted molar refractivity (Wildman–Crippen MR) is 162 cm³/mol. The van der Waals surface area contributed by atoms with Crippen LogP contribution in [-0.2, 0) is 20.2 Å². The molecule has 2 heterocycles. The number of carbonyl (C=O) groups is 1. The lowest BCUT2D eigenvalue weighted by atomic mass is 9.87. The van der Waals surface area contributed by atoms with Crippen LogP contribution in [0.4, 0.5) is 15.8 Å². The van der Waals surface area contributed by atoms with E-state index >= 15 is 0 Å². The molecule has 9 heteroatoms. The average Bonchev–Trinajstić information content (AvgIpc) is 3.29. The van der Waals surface area contributed by atoms with E-state index in [1.165, 1.54) is 18.2 Å². The van der Waals surface area contributed by atoms with Gasteiger partial charge in [-0.1, -0.05) is 45.0 Å². The van der Waals surface area contributed by atoms with Crippen LogP contribution in [0.3, 0.4) is 0 Å². The van der Waals surface area contributed by atoms with E-state index in [0.717, 1.165) is 5.56 Å². The van der Waals surface area contributed by atoms with Gasteiger partial charge in [-0.15, -0.1) is 0 Å². The largest absolute Gasteiger partial charge is 0.354 e. The van der Waals surface area contributed by atoms with Gasteiger partial charge in [-0.25, -0.2) is 12.8 Å². The summed E-state index contributed by atoms with van der Waals surface area (Å²) in [6.07, 6.45) is 6.13. The Labute approximate surface area is 238 Å². The first-order valence-electron chi connectivity index (χ1n) is 12.9. The number of H-pyrrole nitrogens is 1. The molecular weight excluding hydrogens is 539 g/mol. The lowest BCUT2D eigenvalue weighted by molar-refractivity contribution is -0.111. The number of aromatic amines is 1. The Morgan fingerprint density at radius 2 is 1.66 bits per heavy atom. The minimum absolute atomic E-state index is 0.103. The Morgan fingerprint density at radius 3 is 2.34 bits per heavy atom. The Hall–Kier alpha value is -4.76. The topological polar surface area (TPSA) is 104 Å². The summed E-state index contributed by atoms with van der Waals surface area (Å²) in [5, 5.41) is 3.42. The van der Waals surface area contributed by atoms with Crippen LogP contribution in [0.1, 0.15) is 32.0 Å². The van der Waals surface area contributed by atoms with Crippen molar-refractivity contribution in [3.8, 4) is 11.1 Å². The minimum Gasteiger partial charge on any atom is -0.354 e. The highest BCUT2D eigenvalue weighted by molar-refractivity contribution is 7.92. The molecule has 0 atom stereocenters. The van der Waals surface area contributed by atoms with E-state index in [4.69, 9.17) is 0 Å². The van der Waals surface area contributed by atoms with Crippen molar-refractivity contribution in [2.45, 2.75) is 31.1 Å². The fourth-order valence-electron chi connectivity index (χ4n) is 4.48. The maximum Gasteiger partial charge on any atom is 0.261 e. The zero-order valence-electron chi connectivity index (χ0n) is 22.8. The maximum absolute atomic E-state index is 14.2. The van der Waals surface area contributed by atoms with Crippen LogP contribution in [0, 0.1) is 5.82 Å². The number of anilines is 2. The van der Waals surface area contributed by atoms with Crippen LogP contribution >= 0.6 is 0 Å². The molecule has 0 aliphatic carbocycles.